The standard InChI is InChI=1S/C32H49N3O6S/c1-21(2)23-14-18-35(25(23)29(36)40-20-22-12-8-6-9-13-22)28-26(41-28)27(31(3,4)5)33-30(37)34-32(16-10-7-11-17-32)24-15-19-42(24,38)39/h6,8-9,12-13,21,23-28H,7,10-11,14-20H2,1-5H3,(H2,33,34,37). The Morgan fingerprint density at radius 2 is 1.79 bits per heavy atom. The third-order valence-electron chi connectivity index (χ3n) is 10.0. The second-order valence-electron chi connectivity index (χ2n) is 14.3. The number of nitrogens with zero attached hydrogens (tertiary/aromatic N) is 1. The molecule has 234 valence electrons. The van der Waals surface area contributed by atoms with Gasteiger partial charge < -0.3 is 20.1 Å². The number of rotatable bonds is 9. The van der Waals surface area contributed by atoms with Crippen molar-refractivity contribution in [2.75, 3.05) is 12.3 Å². The summed E-state index contributed by atoms with van der Waals surface area (Å²) >= 11 is 0. The van der Waals surface area contributed by atoms with Gasteiger partial charge in [0.2, 0.25) is 0 Å². The summed E-state index contributed by atoms with van der Waals surface area (Å²) in [6, 6.07) is 8.61. The van der Waals surface area contributed by atoms with Crippen LogP contribution < -0.4 is 10.6 Å². The van der Waals surface area contributed by atoms with Gasteiger partial charge in [-0.3, -0.25) is 9.69 Å². The van der Waals surface area contributed by atoms with Gasteiger partial charge in [-0.1, -0.05) is 84.2 Å². The molecule has 1 aliphatic carbocycles. The molecule has 0 bridgehead atoms. The lowest BCUT2D eigenvalue weighted by Gasteiger charge is -2.47. The highest BCUT2D eigenvalue weighted by Crippen LogP contribution is 2.44. The van der Waals surface area contributed by atoms with Gasteiger partial charge in [0.25, 0.3) is 0 Å². The molecule has 42 heavy (non-hydrogen) atoms. The molecule has 2 amide bonds. The SMILES string of the molecule is CC(C)C1CCN(C2OC2C(NC(=O)NC2(C3CCS3(=O)=O)CCCCC2)C(C)(C)C)C1C(=O)OCc1ccccc1. The van der Waals surface area contributed by atoms with Gasteiger partial charge in [-0.15, -0.1) is 0 Å². The highest BCUT2D eigenvalue weighted by molar-refractivity contribution is 7.93. The summed E-state index contributed by atoms with van der Waals surface area (Å²) in [6.45, 7) is 11.4. The second kappa shape index (κ2) is 12.1. The van der Waals surface area contributed by atoms with Gasteiger partial charge in [-0.2, -0.15) is 0 Å². The third kappa shape index (κ3) is 6.50. The number of carbonyl (C=O) groups is 2. The predicted molar refractivity (Wildman–Crippen MR) is 161 cm³/mol. The Kier molecular flexibility index (Phi) is 8.99. The van der Waals surface area contributed by atoms with Crippen molar-refractivity contribution in [2.45, 2.75) is 121 Å². The van der Waals surface area contributed by atoms with Crippen molar-refractivity contribution in [2.24, 2.45) is 17.3 Å². The number of esters is 1. The fourth-order valence-electron chi connectivity index (χ4n) is 7.53. The van der Waals surface area contributed by atoms with E-state index in [1.165, 1.54) is 0 Å². The molecule has 3 aliphatic heterocycles. The van der Waals surface area contributed by atoms with Gasteiger partial charge in [0.15, 0.2) is 9.84 Å². The van der Waals surface area contributed by atoms with Crippen molar-refractivity contribution in [3.63, 3.8) is 0 Å². The number of amides is 2. The van der Waals surface area contributed by atoms with Crippen LogP contribution in [-0.4, -0.2) is 72.8 Å². The lowest BCUT2D eigenvalue weighted by Crippen LogP contribution is -2.66. The number of epoxide rings is 1. The van der Waals surface area contributed by atoms with Crippen LogP contribution in [0.15, 0.2) is 30.3 Å². The molecular formula is C32H49N3O6S. The first-order valence-electron chi connectivity index (χ1n) is 15.7. The predicted octanol–water partition coefficient (Wildman–Crippen LogP) is 4.41. The molecule has 0 aromatic heterocycles. The minimum atomic E-state index is -3.17. The monoisotopic (exact) mass is 603 g/mol. The zero-order chi connectivity index (χ0) is 30.3. The lowest BCUT2D eigenvalue weighted by molar-refractivity contribution is -0.153. The Labute approximate surface area is 251 Å². The second-order valence-corrected chi connectivity index (χ2v) is 16.6. The largest absolute Gasteiger partial charge is 0.460 e. The molecule has 1 saturated carbocycles. The van der Waals surface area contributed by atoms with Crippen LogP contribution in [0, 0.1) is 17.3 Å². The van der Waals surface area contributed by atoms with Crippen LogP contribution in [0.5, 0.6) is 0 Å². The number of benzene rings is 1. The quantitative estimate of drug-likeness (QED) is 0.317. The molecule has 10 heteroatoms. The highest BCUT2D eigenvalue weighted by atomic mass is 32.2. The first-order valence-corrected chi connectivity index (χ1v) is 17.5. The van der Waals surface area contributed by atoms with Crippen molar-refractivity contribution in [3.05, 3.63) is 35.9 Å². The normalized spacial score (nSPS) is 31.1. The highest BCUT2D eigenvalue weighted by Gasteiger charge is 2.58. The molecule has 1 aromatic rings. The van der Waals surface area contributed by atoms with Crippen molar-refractivity contribution < 1.29 is 27.5 Å². The Morgan fingerprint density at radius 3 is 2.36 bits per heavy atom. The number of carbonyl (C=O) groups excluding carboxylic acids is 2. The number of hydrogen-bond acceptors (Lipinski definition) is 7. The van der Waals surface area contributed by atoms with Gasteiger partial charge in [0, 0.05) is 6.54 Å². The molecule has 3 heterocycles. The molecule has 0 radical (unpaired) electrons. The first-order chi connectivity index (χ1) is 19.8. The Balaban J connectivity index is 1.27. The summed E-state index contributed by atoms with van der Waals surface area (Å²) in [5, 5.41) is 5.85. The average molecular weight is 604 g/mol. The molecular weight excluding hydrogens is 554 g/mol. The van der Waals surface area contributed by atoms with Gasteiger partial charge in [0.05, 0.1) is 22.6 Å². The van der Waals surface area contributed by atoms with Gasteiger partial charge >= 0.3 is 12.0 Å². The molecule has 6 atom stereocenters. The van der Waals surface area contributed by atoms with Crippen molar-refractivity contribution in [1.29, 1.82) is 0 Å². The smallest absolute Gasteiger partial charge is 0.324 e. The van der Waals surface area contributed by atoms with Gasteiger partial charge in [-0.25, -0.2) is 13.2 Å². The van der Waals surface area contributed by atoms with E-state index < -0.39 is 26.7 Å². The maximum atomic E-state index is 13.6. The van der Waals surface area contributed by atoms with Crippen molar-refractivity contribution >= 4 is 21.8 Å². The molecule has 4 fully saturated rings. The maximum absolute atomic E-state index is 13.6. The number of ether oxygens (including phenoxy) is 2. The van der Waals surface area contributed by atoms with Crippen LogP contribution in [0.1, 0.15) is 85.1 Å². The van der Waals surface area contributed by atoms with Crippen LogP contribution in [0.3, 0.4) is 0 Å². The number of likely N-dealkylation sites (tertiary alicyclic amines) is 1. The third-order valence-corrected chi connectivity index (χ3v) is 12.4. The molecule has 2 N–H and O–H groups in total. The van der Waals surface area contributed by atoms with Crippen LogP contribution in [0.4, 0.5) is 4.79 Å². The van der Waals surface area contributed by atoms with E-state index in [9.17, 15) is 18.0 Å². The summed E-state index contributed by atoms with van der Waals surface area (Å²) in [7, 11) is -3.17. The summed E-state index contributed by atoms with van der Waals surface area (Å²) < 4.78 is 37.4. The Hall–Kier alpha value is -2.17. The fraction of sp³-hybridized carbons (Fsp3) is 0.750. The molecule has 6 unspecified atom stereocenters. The number of hydrogen-bond donors (Lipinski definition) is 2. The summed E-state index contributed by atoms with van der Waals surface area (Å²) in [6.07, 6.45) is 5.14. The Bertz CT molecular complexity index is 1220. The number of nitrogens with one attached hydrogen (secondary N) is 2. The van der Waals surface area contributed by atoms with Crippen LogP contribution in [0.2, 0.25) is 0 Å². The van der Waals surface area contributed by atoms with E-state index in [-0.39, 0.29) is 54.1 Å². The van der Waals surface area contributed by atoms with Crippen molar-refractivity contribution in [1.82, 2.24) is 15.5 Å². The average Bonchev–Trinajstić information content (AvgIpc) is 3.57. The maximum Gasteiger partial charge on any atom is 0.324 e. The minimum absolute atomic E-state index is 0.151. The minimum Gasteiger partial charge on any atom is -0.460 e. The molecule has 1 aromatic carbocycles. The molecule has 9 nitrogen and oxygen atoms in total. The Morgan fingerprint density at radius 1 is 1.10 bits per heavy atom. The van der Waals surface area contributed by atoms with E-state index in [1.54, 1.807) is 0 Å². The van der Waals surface area contributed by atoms with E-state index in [4.69, 9.17) is 9.47 Å². The molecule has 5 rings (SSSR count). The van der Waals surface area contributed by atoms with Gasteiger partial charge in [-0.05, 0) is 48.5 Å². The van der Waals surface area contributed by atoms with E-state index in [0.717, 1.165) is 37.8 Å². The molecule has 4 aliphatic rings. The van der Waals surface area contributed by atoms with Crippen LogP contribution in [-0.2, 0) is 30.7 Å². The first kappa shape index (κ1) is 31.3. The molecule has 3 saturated heterocycles. The molecule has 0 spiro atoms. The fourth-order valence-corrected chi connectivity index (χ4v) is 9.37. The summed E-state index contributed by atoms with van der Waals surface area (Å²) in [5.41, 5.74) is -0.0939. The van der Waals surface area contributed by atoms with E-state index in [1.807, 2.05) is 30.3 Å². The summed E-state index contributed by atoms with van der Waals surface area (Å²) in [4.78, 5) is 29.2. The lowest BCUT2D eigenvalue weighted by atomic mass is 9.78. The van der Waals surface area contributed by atoms with Gasteiger partial charge in [0.1, 0.15) is 25.0 Å². The van der Waals surface area contributed by atoms with Crippen LogP contribution in [0.25, 0.3) is 0 Å². The van der Waals surface area contributed by atoms with E-state index >= 15 is 0 Å². The van der Waals surface area contributed by atoms with E-state index in [0.29, 0.717) is 25.2 Å². The number of urea groups is 1. The summed E-state index contributed by atoms with van der Waals surface area (Å²) in [5.74, 6) is 0.423. The zero-order valence-corrected chi connectivity index (χ0v) is 26.6. The topological polar surface area (TPSA) is 117 Å². The van der Waals surface area contributed by atoms with E-state index in [2.05, 4.69) is 50.2 Å². The number of sulfone groups is 1. The zero-order valence-electron chi connectivity index (χ0n) is 25.8. The van der Waals surface area contributed by atoms with Crippen molar-refractivity contribution in [3.8, 4) is 0 Å². The van der Waals surface area contributed by atoms with Crippen LogP contribution >= 0.6 is 0 Å².